The minimum atomic E-state index is -0.196. The molecule has 86 valence electrons. The van der Waals surface area contributed by atoms with Gasteiger partial charge in [-0.3, -0.25) is 4.68 Å². The second kappa shape index (κ2) is 5.88. The third kappa shape index (κ3) is 4.01. The van der Waals surface area contributed by atoms with Gasteiger partial charge in [-0.15, -0.1) is 0 Å². The summed E-state index contributed by atoms with van der Waals surface area (Å²) in [5.74, 6) is 0. The lowest BCUT2D eigenvalue weighted by molar-refractivity contribution is 0.181. The van der Waals surface area contributed by atoms with Gasteiger partial charge in [-0.25, -0.2) is 0 Å². The predicted octanol–water partition coefficient (Wildman–Crippen LogP) is 1.23. The Bertz CT molecular complexity index is 283. The molecule has 0 aliphatic rings. The lowest BCUT2D eigenvalue weighted by Crippen LogP contribution is -2.22. The molecule has 1 aromatic heterocycles. The molecule has 15 heavy (non-hydrogen) atoms. The third-order valence-corrected chi connectivity index (χ3v) is 2.55. The maximum absolute atomic E-state index is 9.10. The Balaban J connectivity index is 2.25. The van der Waals surface area contributed by atoms with Crippen molar-refractivity contribution in [2.24, 2.45) is 7.05 Å². The SMILES string of the molecule is CC(O)CCCNC(C)c1ccnn1C. The summed E-state index contributed by atoms with van der Waals surface area (Å²) in [6, 6.07) is 2.33. The first-order valence-corrected chi connectivity index (χ1v) is 5.50. The van der Waals surface area contributed by atoms with Gasteiger partial charge in [0.15, 0.2) is 0 Å². The number of aliphatic hydroxyl groups excluding tert-OH is 1. The molecule has 0 saturated carbocycles. The molecule has 4 nitrogen and oxygen atoms in total. The summed E-state index contributed by atoms with van der Waals surface area (Å²) in [5.41, 5.74) is 1.19. The van der Waals surface area contributed by atoms with Gasteiger partial charge >= 0.3 is 0 Å². The van der Waals surface area contributed by atoms with Crippen molar-refractivity contribution >= 4 is 0 Å². The minimum Gasteiger partial charge on any atom is -0.393 e. The zero-order valence-corrected chi connectivity index (χ0v) is 9.77. The van der Waals surface area contributed by atoms with E-state index in [1.54, 1.807) is 0 Å². The topological polar surface area (TPSA) is 50.1 Å². The predicted molar refractivity (Wildman–Crippen MR) is 60.5 cm³/mol. The molecule has 0 saturated heterocycles. The summed E-state index contributed by atoms with van der Waals surface area (Å²) in [5, 5.41) is 16.6. The Morgan fingerprint density at radius 1 is 1.53 bits per heavy atom. The Morgan fingerprint density at radius 2 is 2.27 bits per heavy atom. The van der Waals surface area contributed by atoms with E-state index in [1.807, 2.05) is 30.9 Å². The van der Waals surface area contributed by atoms with Crippen molar-refractivity contribution in [1.29, 1.82) is 0 Å². The lowest BCUT2D eigenvalue weighted by Gasteiger charge is -2.14. The van der Waals surface area contributed by atoms with Gasteiger partial charge in [-0.05, 0) is 39.3 Å². The van der Waals surface area contributed by atoms with Crippen LogP contribution in [0.4, 0.5) is 0 Å². The summed E-state index contributed by atoms with van der Waals surface area (Å²) in [6.45, 7) is 4.88. The normalized spacial score (nSPS) is 15.2. The van der Waals surface area contributed by atoms with Crippen LogP contribution in [0.15, 0.2) is 12.3 Å². The molecule has 1 heterocycles. The van der Waals surface area contributed by atoms with Crippen LogP contribution < -0.4 is 5.32 Å². The molecule has 1 rings (SSSR count). The number of aromatic nitrogens is 2. The zero-order valence-electron chi connectivity index (χ0n) is 9.77. The fourth-order valence-corrected chi connectivity index (χ4v) is 1.63. The van der Waals surface area contributed by atoms with E-state index in [1.165, 1.54) is 5.69 Å². The van der Waals surface area contributed by atoms with Gasteiger partial charge in [0.25, 0.3) is 0 Å². The van der Waals surface area contributed by atoms with E-state index in [4.69, 9.17) is 5.11 Å². The van der Waals surface area contributed by atoms with Gasteiger partial charge in [-0.2, -0.15) is 5.10 Å². The smallest absolute Gasteiger partial charge is 0.0547 e. The van der Waals surface area contributed by atoms with E-state index in [-0.39, 0.29) is 6.10 Å². The van der Waals surface area contributed by atoms with E-state index in [0.29, 0.717) is 6.04 Å². The Hall–Kier alpha value is -0.870. The number of nitrogens with one attached hydrogen (secondary N) is 1. The van der Waals surface area contributed by atoms with Crippen LogP contribution in [-0.2, 0) is 7.05 Å². The molecule has 0 spiro atoms. The third-order valence-electron chi connectivity index (χ3n) is 2.55. The molecule has 0 bridgehead atoms. The van der Waals surface area contributed by atoms with E-state index in [0.717, 1.165) is 19.4 Å². The van der Waals surface area contributed by atoms with Crippen molar-refractivity contribution in [2.45, 2.75) is 38.8 Å². The summed E-state index contributed by atoms with van der Waals surface area (Å²) in [4.78, 5) is 0. The number of hydrogen-bond donors (Lipinski definition) is 2. The highest BCUT2D eigenvalue weighted by Gasteiger charge is 2.07. The van der Waals surface area contributed by atoms with Crippen molar-refractivity contribution in [3.8, 4) is 0 Å². The highest BCUT2D eigenvalue weighted by Crippen LogP contribution is 2.09. The summed E-state index contributed by atoms with van der Waals surface area (Å²) in [7, 11) is 1.95. The summed E-state index contributed by atoms with van der Waals surface area (Å²) < 4.78 is 1.88. The molecule has 0 amide bonds. The molecule has 2 N–H and O–H groups in total. The number of rotatable bonds is 6. The molecule has 4 heteroatoms. The monoisotopic (exact) mass is 211 g/mol. The molecule has 0 aliphatic heterocycles. The zero-order chi connectivity index (χ0) is 11.3. The van der Waals surface area contributed by atoms with Crippen molar-refractivity contribution in [1.82, 2.24) is 15.1 Å². The van der Waals surface area contributed by atoms with Crippen molar-refractivity contribution in [2.75, 3.05) is 6.54 Å². The second-order valence-electron chi connectivity index (χ2n) is 4.05. The van der Waals surface area contributed by atoms with Crippen LogP contribution in [0.1, 0.15) is 38.4 Å². The number of aryl methyl sites for hydroxylation is 1. The maximum Gasteiger partial charge on any atom is 0.0547 e. The van der Waals surface area contributed by atoms with E-state index in [9.17, 15) is 0 Å². The quantitative estimate of drug-likeness (QED) is 0.696. The molecular formula is C11H21N3O. The first-order valence-electron chi connectivity index (χ1n) is 5.50. The van der Waals surface area contributed by atoms with Gasteiger partial charge in [0.05, 0.1) is 11.8 Å². The van der Waals surface area contributed by atoms with Crippen molar-refractivity contribution in [3.05, 3.63) is 18.0 Å². The van der Waals surface area contributed by atoms with E-state index in [2.05, 4.69) is 17.3 Å². The first-order chi connectivity index (χ1) is 7.11. The average molecular weight is 211 g/mol. The second-order valence-corrected chi connectivity index (χ2v) is 4.05. The fraction of sp³-hybridized carbons (Fsp3) is 0.727. The number of nitrogens with zero attached hydrogens (tertiary/aromatic N) is 2. The van der Waals surface area contributed by atoms with Crippen molar-refractivity contribution < 1.29 is 5.11 Å². The molecule has 2 unspecified atom stereocenters. The lowest BCUT2D eigenvalue weighted by atomic mass is 10.2. The standard InChI is InChI=1S/C11H21N3O/c1-9(15)5-4-7-12-10(2)11-6-8-13-14(11)3/h6,8-10,12,15H,4-5,7H2,1-3H3. The van der Waals surface area contributed by atoms with E-state index < -0.39 is 0 Å². The molecule has 0 radical (unpaired) electrons. The summed E-state index contributed by atoms with van der Waals surface area (Å²) in [6.07, 6.45) is 3.47. The largest absolute Gasteiger partial charge is 0.393 e. The minimum absolute atomic E-state index is 0.196. The van der Waals surface area contributed by atoms with Gasteiger partial charge in [0, 0.05) is 19.3 Å². The van der Waals surface area contributed by atoms with E-state index >= 15 is 0 Å². The van der Waals surface area contributed by atoms with Crippen LogP contribution in [0.2, 0.25) is 0 Å². The highest BCUT2D eigenvalue weighted by atomic mass is 16.3. The van der Waals surface area contributed by atoms with Gasteiger partial charge in [-0.1, -0.05) is 0 Å². The molecular weight excluding hydrogens is 190 g/mol. The molecule has 0 aromatic carbocycles. The number of hydrogen-bond acceptors (Lipinski definition) is 3. The molecule has 0 aliphatic carbocycles. The van der Waals surface area contributed by atoms with Gasteiger partial charge in [0.2, 0.25) is 0 Å². The van der Waals surface area contributed by atoms with Crippen LogP contribution in [0.3, 0.4) is 0 Å². The van der Waals surface area contributed by atoms with Crippen LogP contribution >= 0.6 is 0 Å². The Kier molecular flexibility index (Phi) is 4.78. The first kappa shape index (κ1) is 12.2. The van der Waals surface area contributed by atoms with Crippen molar-refractivity contribution in [3.63, 3.8) is 0 Å². The Labute approximate surface area is 91.3 Å². The Morgan fingerprint density at radius 3 is 2.80 bits per heavy atom. The van der Waals surface area contributed by atoms with Crippen LogP contribution in [0, 0.1) is 0 Å². The molecule has 0 fully saturated rings. The molecule has 1 aromatic rings. The molecule has 2 atom stereocenters. The van der Waals surface area contributed by atoms with Gasteiger partial charge in [0.1, 0.15) is 0 Å². The van der Waals surface area contributed by atoms with Gasteiger partial charge < -0.3 is 10.4 Å². The average Bonchev–Trinajstić information content (AvgIpc) is 2.58. The highest BCUT2D eigenvalue weighted by molar-refractivity contribution is 5.04. The summed E-state index contributed by atoms with van der Waals surface area (Å²) >= 11 is 0. The van der Waals surface area contributed by atoms with Crippen LogP contribution in [0.25, 0.3) is 0 Å². The maximum atomic E-state index is 9.10. The van der Waals surface area contributed by atoms with Crippen LogP contribution in [-0.4, -0.2) is 27.5 Å². The number of aliphatic hydroxyl groups is 1. The van der Waals surface area contributed by atoms with Crippen LogP contribution in [0.5, 0.6) is 0 Å². The fourth-order valence-electron chi connectivity index (χ4n) is 1.63.